The van der Waals surface area contributed by atoms with E-state index in [2.05, 4.69) is 32.2 Å². The van der Waals surface area contributed by atoms with Gasteiger partial charge in [-0.05, 0) is 37.5 Å². The molecular weight excluding hydrogens is 250 g/mol. The predicted molar refractivity (Wildman–Crippen MR) is 84.3 cm³/mol. The highest BCUT2D eigenvalue weighted by atomic mass is 16.5. The van der Waals surface area contributed by atoms with Crippen LogP contribution in [0.1, 0.15) is 45.6 Å². The van der Waals surface area contributed by atoms with Crippen molar-refractivity contribution in [2.75, 3.05) is 13.2 Å². The zero-order valence-corrected chi connectivity index (χ0v) is 13.1. The lowest BCUT2D eigenvalue weighted by molar-refractivity contribution is 0.104. The van der Waals surface area contributed by atoms with E-state index < -0.39 is 6.10 Å². The summed E-state index contributed by atoms with van der Waals surface area (Å²) in [4.78, 5) is 0. The topological polar surface area (TPSA) is 41.5 Å². The van der Waals surface area contributed by atoms with Crippen molar-refractivity contribution in [2.24, 2.45) is 0 Å². The summed E-state index contributed by atoms with van der Waals surface area (Å²) in [6, 6.07) is 8.49. The van der Waals surface area contributed by atoms with Crippen molar-refractivity contribution in [1.29, 1.82) is 0 Å². The van der Waals surface area contributed by atoms with Crippen molar-refractivity contribution in [2.45, 2.75) is 58.6 Å². The minimum atomic E-state index is -0.468. The molecule has 0 fully saturated rings. The second-order valence-corrected chi connectivity index (χ2v) is 5.42. The summed E-state index contributed by atoms with van der Waals surface area (Å²) in [7, 11) is 0. The molecule has 0 saturated heterocycles. The number of aryl methyl sites for hydroxylation is 1. The molecule has 0 aromatic heterocycles. The van der Waals surface area contributed by atoms with E-state index in [-0.39, 0.29) is 0 Å². The summed E-state index contributed by atoms with van der Waals surface area (Å²) in [5.74, 6) is 0.836. The molecule has 2 unspecified atom stereocenters. The van der Waals surface area contributed by atoms with Gasteiger partial charge in [-0.25, -0.2) is 0 Å². The first-order chi connectivity index (χ1) is 9.65. The zero-order valence-electron chi connectivity index (χ0n) is 13.1. The number of nitrogens with one attached hydrogen (secondary N) is 1. The number of aliphatic hydroxyl groups excluding tert-OH is 1. The van der Waals surface area contributed by atoms with E-state index in [1.165, 1.54) is 18.4 Å². The van der Waals surface area contributed by atoms with Crippen LogP contribution in [0.5, 0.6) is 5.75 Å². The molecule has 0 bridgehead atoms. The lowest BCUT2D eigenvalue weighted by atomic mass is 10.1. The molecule has 0 aliphatic carbocycles. The van der Waals surface area contributed by atoms with Crippen LogP contribution < -0.4 is 10.1 Å². The first-order valence-electron chi connectivity index (χ1n) is 7.78. The Labute approximate surface area is 123 Å². The molecule has 0 radical (unpaired) electrons. The molecule has 2 N–H and O–H groups in total. The number of hydrogen-bond donors (Lipinski definition) is 2. The van der Waals surface area contributed by atoms with Gasteiger partial charge in [0.25, 0.3) is 0 Å². The van der Waals surface area contributed by atoms with Gasteiger partial charge in [-0.15, -0.1) is 0 Å². The molecule has 2 atom stereocenters. The van der Waals surface area contributed by atoms with Crippen LogP contribution in [0.15, 0.2) is 24.3 Å². The summed E-state index contributed by atoms with van der Waals surface area (Å²) in [6.45, 7) is 7.39. The number of hydrogen-bond acceptors (Lipinski definition) is 3. The van der Waals surface area contributed by atoms with E-state index >= 15 is 0 Å². The molecule has 1 aromatic carbocycles. The Hall–Kier alpha value is -1.06. The standard InChI is InChI=1S/C17H29NO2/c1-4-6-8-14(3)18-12-16(19)13-20-17-10-7-9-15(5-2)11-17/h7,9-11,14,16,18-19H,4-6,8,12-13H2,1-3H3. The van der Waals surface area contributed by atoms with Crippen molar-refractivity contribution in [1.82, 2.24) is 5.32 Å². The van der Waals surface area contributed by atoms with E-state index in [1.807, 2.05) is 18.2 Å². The van der Waals surface area contributed by atoms with Crippen molar-refractivity contribution in [3.8, 4) is 5.75 Å². The van der Waals surface area contributed by atoms with Gasteiger partial charge in [0.1, 0.15) is 18.5 Å². The lowest BCUT2D eigenvalue weighted by Crippen LogP contribution is -2.36. The third kappa shape index (κ3) is 6.92. The quantitative estimate of drug-likeness (QED) is 0.691. The largest absolute Gasteiger partial charge is 0.491 e. The highest BCUT2D eigenvalue weighted by Crippen LogP contribution is 2.13. The minimum Gasteiger partial charge on any atom is -0.491 e. The first kappa shape index (κ1) is 17.0. The molecular formula is C17H29NO2. The number of benzene rings is 1. The molecule has 1 rings (SSSR count). The summed E-state index contributed by atoms with van der Waals surface area (Å²) in [5, 5.41) is 13.3. The number of ether oxygens (including phenoxy) is 1. The third-order valence-electron chi connectivity index (χ3n) is 3.44. The highest BCUT2D eigenvalue weighted by Gasteiger charge is 2.08. The second kappa shape index (κ2) is 9.78. The van der Waals surface area contributed by atoms with Crippen molar-refractivity contribution in [3.05, 3.63) is 29.8 Å². The number of rotatable bonds is 10. The molecule has 1 aromatic rings. The molecule has 20 heavy (non-hydrogen) atoms. The Balaban J connectivity index is 2.23. The SMILES string of the molecule is CCCCC(C)NCC(O)COc1cccc(CC)c1. The van der Waals surface area contributed by atoms with Gasteiger partial charge in [-0.2, -0.15) is 0 Å². The third-order valence-corrected chi connectivity index (χ3v) is 3.44. The highest BCUT2D eigenvalue weighted by molar-refractivity contribution is 5.28. The van der Waals surface area contributed by atoms with Crippen LogP contribution in [0.3, 0.4) is 0 Å². The van der Waals surface area contributed by atoms with E-state index in [4.69, 9.17) is 4.74 Å². The number of unbranched alkanes of at least 4 members (excludes halogenated alkanes) is 1. The summed E-state index contributed by atoms with van der Waals surface area (Å²) >= 11 is 0. The maximum absolute atomic E-state index is 9.92. The van der Waals surface area contributed by atoms with Gasteiger partial charge in [-0.1, -0.05) is 38.8 Å². The predicted octanol–water partition coefficient (Wildman–Crippen LogP) is 3.16. The Morgan fingerprint density at radius 2 is 2.10 bits per heavy atom. The fraction of sp³-hybridized carbons (Fsp3) is 0.647. The molecule has 0 saturated carbocycles. The van der Waals surface area contributed by atoms with Crippen LogP contribution in [0.25, 0.3) is 0 Å². The molecule has 0 heterocycles. The van der Waals surface area contributed by atoms with E-state index in [9.17, 15) is 5.11 Å². The van der Waals surface area contributed by atoms with Crippen LogP contribution >= 0.6 is 0 Å². The number of aliphatic hydroxyl groups is 1. The minimum absolute atomic E-state index is 0.334. The van der Waals surface area contributed by atoms with Gasteiger partial charge in [0.05, 0.1) is 0 Å². The van der Waals surface area contributed by atoms with Gasteiger partial charge in [0.15, 0.2) is 0 Å². The van der Waals surface area contributed by atoms with E-state index in [0.717, 1.165) is 18.6 Å². The Morgan fingerprint density at radius 3 is 2.80 bits per heavy atom. The van der Waals surface area contributed by atoms with Crippen LogP contribution in [0.4, 0.5) is 0 Å². The van der Waals surface area contributed by atoms with Gasteiger partial charge in [0, 0.05) is 12.6 Å². The Bertz CT molecular complexity index is 368. The fourth-order valence-corrected chi connectivity index (χ4v) is 2.06. The maximum Gasteiger partial charge on any atom is 0.119 e. The van der Waals surface area contributed by atoms with Crippen LogP contribution in [-0.4, -0.2) is 30.4 Å². The average Bonchev–Trinajstić information content (AvgIpc) is 2.49. The second-order valence-electron chi connectivity index (χ2n) is 5.42. The Morgan fingerprint density at radius 1 is 1.30 bits per heavy atom. The summed E-state index contributed by atoms with van der Waals surface area (Å²) in [6.07, 6.45) is 4.12. The molecule has 114 valence electrons. The smallest absolute Gasteiger partial charge is 0.119 e. The normalized spacial score (nSPS) is 14.0. The van der Waals surface area contributed by atoms with E-state index in [1.54, 1.807) is 0 Å². The van der Waals surface area contributed by atoms with Gasteiger partial charge in [-0.3, -0.25) is 0 Å². The molecule has 3 nitrogen and oxygen atoms in total. The van der Waals surface area contributed by atoms with Crippen LogP contribution in [0, 0.1) is 0 Å². The molecule has 3 heteroatoms. The Kier molecular flexibility index (Phi) is 8.31. The van der Waals surface area contributed by atoms with Crippen LogP contribution in [0.2, 0.25) is 0 Å². The van der Waals surface area contributed by atoms with Gasteiger partial charge >= 0.3 is 0 Å². The molecule has 0 amide bonds. The first-order valence-corrected chi connectivity index (χ1v) is 7.78. The van der Waals surface area contributed by atoms with E-state index in [0.29, 0.717) is 19.2 Å². The van der Waals surface area contributed by atoms with Crippen molar-refractivity contribution < 1.29 is 9.84 Å². The summed E-state index contributed by atoms with van der Waals surface area (Å²) in [5.41, 5.74) is 1.25. The maximum atomic E-state index is 9.92. The van der Waals surface area contributed by atoms with Gasteiger partial charge < -0.3 is 15.2 Å². The van der Waals surface area contributed by atoms with Crippen LogP contribution in [-0.2, 0) is 6.42 Å². The van der Waals surface area contributed by atoms with Crippen molar-refractivity contribution >= 4 is 0 Å². The zero-order chi connectivity index (χ0) is 14.8. The van der Waals surface area contributed by atoms with Gasteiger partial charge in [0.2, 0.25) is 0 Å². The van der Waals surface area contributed by atoms with Crippen molar-refractivity contribution in [3.63, 3.8) is 0 Å². The molecule has 0 aliphatic rings. The molecule has 0 spiro atoms. The fourth-order valence-electron chi connectivity index (χ4n) is 2.06. The lowest BCUT2D eigenvalue weighted by Gasteiger charge is -2.17. The summed E-state index contributed by atoms with van der Waals surface area (Å²) < 4.78 is 5.63. The monoisotopic (exact) mass is 279 g/mol. The average molecular weight is 279 g/mol. The molecule has 0 aliphatic heterocycles.